The molecule has 3 aromatic heterocycles. The molecule has 0 radical (unpaired) electrons. The van der Waals surface area contributed by atoms with E-state index in [2.05, 4.69) is 42.1 Å². The number of pyridine rings is 1. The number of fused-ring (bicyclic) bond motifs is 2. The van der Waals surface area contributed by atoms with Crippen LogP contribution in [0.2, 0.25) is 0 Å². The Balaban J connectivity index is 1.33. The lowest BCUT2D eigenvalue weighted by atomic mass is 9.96. The zero-order valence-electron chi connectivity index (χ0n) is 18.3. The second-order valence-electron chi connectivity index (χ2n) is 8.37. The fourth-order valence-corrected chi connectivity index (χ4v) is 4.59. The number of aromatic nitrogens is 4. The Labute approximate surface area is 190 Å². The molecule has 4 aromatic rings. The van der Waals surface area contributed by atoms with Gasteiger partial charge in [-0.25, -0.2) is 4.98 Å². The summed E-state index contributed by atoms with van der Waals surface area (Å²) in [5.41, 5.74) is 7.21. The zero-order chi connectivity index (χ0) is 22.4. The fourth-order valence-electron chi connectivity index (χ4n) is 4.59. The van der Waals surface area contributed by atoms with Crippen LogP contribution in [0.15, 0.2) is 48.8 Å². The monoisotopic (exact) mass is 440 g/mol. The van der Waals surface area contributed by atoms with Crippen LogP contribution >= 0.6 is 0 Å². The number of benzene rings is 1. The van der Waals surface area contributed by atoms with E-state index in [0.29, 0.717) is 17.9 Å². The maximum absolute atomic E-state index is 12.7. The average molecular weight is 441 g/mol. The molecule has 2 aliphatic rings. The summed E-state index contributed by atoms with van der Waals surface area (Å²) in [6.07, 6.45) is 3.69. The van der Waals surface area contributed by atoms with Crippen LogP contribution in [0.5, 0.6) is 0 Å². The predicted octanol–water partition coefficient (Wildman–Crippen LogP) is 2.50. The van der Waals surface area contributed by atoms with Gasteiger partial charge >= 0.3 is 0 Å². The minimum Gasteiger partial charge on any atom is -0.368 e. The topological polar surface area (TPSA) is 99.5 Å². The Morgan fingerprint density at radius 1 is 1.00 bits per heavy atom. The van der Waals surface area contributed by atoms with Gasteiger partial charge in [0.15, 0.2) is 0 Å². The van der Waals surface area contributed by atoms with Gasteiger partial charge in [0.25, 0.3) is 5.91 Å². The molecule has 0 aliphatic carbocycles. The van der Waals surface area contributed by atoms with Crippen molar-refractivity contribution in [1.82, 2.24) is 30.4 Å². The molecule has 1 fully saturated rings. The second kappa shape index (κ2) is 7.86. The third-order valence-corrected chi connectivity index (χ3v) is 6.27. The van der Waals surface area contributed by atoms with Crippen LogP contribution in [0, 0.1) is 6.92 Å². The summed E-state index contributed by atoms with van der Waals surface area (Å²) in [5, 5.41) is 18.5. The van der Waals surface area contributed by atoms with Crippen LogP contribution < -0.4 is 20.9 Å². The second-order valence-corrected chi connectivity index (χ2v) is 8.37. The number of aryl methyl sites for hydroxylation is 1. The summed E-state index contributed by atoms with van der Waals surface area (Å²) < 4.78 is 1.64. The molecule has 9 nitrogen and oxygen atoms in total. The van der Waals surface area contributed by atoms with Gasteiger partial charge < -0.3 is 20.9 Å². The molecule has 0 saturated carbocycles. The van der Waals surface area contributed by atoms with Crippen molar-refractivity contribution >= 4 is 28.6 Å². The van der Waals surface area contributed by atoms with E-state index < -0.39 is 0 Å². The molecule has 9 heteroatoms. The van der Waals surface area contributed by atoms with E-state index in [-0.39, 0.29) is 5.91 Å². The molecule has 0 bridgehead atoms. The molecule has 5 heterocycles. The zero-order valence-corrected chi connectivity index (χ0v) is 18.3. The summed E-state index contributed by atoms with van der Waals surface area (Å²) in [4.78, 5) is 19.7. The molecule has 2 aliphatic heterocycles. The van der Waals surface area contributed by atoms with Crippen LogP contribution in [0.1, 0.15) is 21.6 Å². The molecular weight excluding hydrogens is 416 g/mol. The van der Waals surface area contributed by atoms with Gasteiger partial charge in [-0.2, -0.15) is 14.8 Å². The van der Waals surface area contributed by atoms with Crippen molar-refractivity contribution in [2.24, 2.45) is 0 Å². The number of rotatable bonds is 4. The number of carbonyl (C=O) groups excluding carboxylic acids is 1. The first-order chi connectivity index (χ1) is 16.2. The fraction of sp³-hybridized carbons (Fsp3) is 0.250. The Bertz CT molecular complexity index is 1360. The van der Waals surface area contributed by atoms with Gasteiger partial charge in [-0.3, -0.25) is 4.79 Å². The number of hydrogen-bond acceptors (Lipinski definition) is 7. The highest BCUT2D eigenvalue weighted by Gasteiger charge is 2.27. The summed E-state index contributed by atoms with van der Waals surface area (Å²) >= 11 is 0. The van der Waals surface area contributed by atoms with Crippen molar-refractivity contribution in [3.8, 4) is 11.1 Å². The first-order valence-electron chi connectivity index (χ1n) is 11.1. The SMILES string of the molecule is Cc1ccc2c(-c3ccc(Nc4ccc(N5CCNCC5)cn4)c4c3CNC4=O)cnn2n1. The van der Waals surface area contributed by atoms with Gasteiger partial charge in [-0.1, -0.05) is 6.07 Å². The van der Waals surface area contributed by atoms with Gasteiger partial charge in [0.1, 0.15) is 5.82 Å². The highest BCUT2D eigenvalue weighted by atomic mass is 16.1. The third-order valence-electron chi connectivity index (χ3n) is 6.27. The number of anilines is 3. The van der Waals surface area contributed by atoms with E-state index in [1.165, 1.54) is 0 Å². The largest absolute Gasteiger partial charge is 0.368 e. The number of hydrogen-bond donors (Lipinski definition) is 3. The quantitative estimate of drug-likeness (QED) is 0.448. The van der Waals surface area contributed by atoms with E-state index in [9.17, 15) is 4.79 Å². The molecule has 6 rings (SSSR count). The van der Waals surface area contributed by atoms with Gasteiger partial charge in [-0.05, 0) is 48.4 Å². The Hall–Kier alpha value is -3.98. The predicted molar refractivity (Wildman–Crippen MR) is 127 cm³/mol. The van der Waals surface area contributed by atoms with Gasteiger partial charge in [0.05, 0.1) is 40.5 Å². The Morgan fingerprint density at radius 2 is 1.88 bits per heavy atom. The molecule has 166 valence electrons. The van der Waals surface area contributed by atoms with Crippen molar-refractivity contribution < 1.29 is 4.79 Å². The average Bonchev–Trinajstić information content (AvgIpc) is 3.44. The van der Waals surface area contributed by atoms with E-state index in [4.69, 9.17) is 0 Å². The van der Waals surface area contributed by atoms with Crippen LogP contribution in [-0.2, 0) is 6.54 Å². The van der Waals surface area contributed by atoms with E-state index in [1.807, 2.05) is 49.6 Å². The van der Waals surface area contributed by atoms with Gasteiger partial charge in [0.2, 0.25) is 0 Å². The number of carbonyl (C=O) groups is 1. The molecule has 0 spiro atoms. The summed E-state index contributed by atoms with van der Waals surface area (Å²) in [6.45, 7) is 6.33. The highest BCUT2D eigenvalue weighted by Crippen LogP contribution is 2.36. The standard InChI is InChI=1S/C24H24N8O/c1-15-2-6-21-18(14-28-32(21)30-15)17-4-5-20(23-19(17)13-27-24(23)33)29-22-7-3-16(12-26-22)31-10-8-25-9-11-31/h2-7,12,14,25H,8-11,13H2,1H3,(H,26,29)(H,27,33). The van der Waals surface area contributed by atoms with E-state index in [0.717, 1.165) is 65.5 Å². The third kappa shape index (κ3) is 3.46. The van der Waals surface area contributed by atoms with Crippen LogP contribution in [0.4, 0.5) is 17.2 Å². The Kier molecular flexibility index (Phi) is 4.69. The number of piperazine rings is 1. The minimum atomic E-state index is -0.0859. The van der Waals surface area contributed by atoms with Crippen LogP contribution in [0.25, 0.3) is 16.6 Å². The summed E-state index contributed by atoms with van der Waals surface area (Å²) in [7, 11) is 0. The van der Waals surface area contributed by atoms with E-state index >= 15 is 0 Å². The Morgan fingerprint density at radius 3 is 2.70 bits per heavy atom. The maximum Gasteiger partial charge on any atom is 0.254 e. The van der Waals surface area contributed by atoms with Gasteiger partial charge in [0, 0.05) is 38.3 Å². The molecule has 0 atom stereocenters. The van der Waals surface area contributed by atoms with Gasteiger partial charge in [-0.15, -0.1) is 0 Å². The molecule has 1 saturated heterocycles. The smallest absolute Gasteiger partial charge is 0.254 e. The van der Waals surface area contributed by atoms with Crippen molar-refractivity contribution in [2.45, 2.75) is 13.5 Å². The molecule has 1 amide bonds. The molecule has 3 N–H and O–H groups in total. The minimum absolute atomic E-state index is 0.0859. The van der Waals surface area contributed by atoms with E-state index in [1.54, 1.807) is 4.63 Å². The summed E-state index contributed by atoms with van der Waals surface area (Å²) in [5.74, 6) is 0.622. The number of nitrogens with zero attached hydrogens (tertiary/aromatic N) is 5. The first-order valence-corrected chi connectivity index (χ1v) is 11.1. The number of nitrogens with one attached hydrogen (secondary N) is 3. The highest BCUT2D eigenvalue weighted by molar-refractivity contribution is 6.06. The lowest BCUT2D eigenvalue weighted by Gasteiger charge is -2.29. The van der Waals surface area contributed by atoms with Crippen molar-refractivity contribution in [3.63, 3.8) is 0 Å². The molecular formula is C24H24N8O. The lowest BCUT2D eigenvalue weighted by Crippen LogP contribution is -2.43. The first kappa shape index (κ1) is 19.7. The van der Waals surface area contributed by atoms with Crippen molar-refractivity contribution in [1.29, 1.82) is 0 Å². The lowest BCUT2D eigenvalue weighted by molar-refractivity contribution is 0.0966. The molecule has 0 unspecified atom stereocenters. The maximum atomic E-state index is 12.7. The summed E-state index contributed by atoms with van der Waals surface area (Å²) in [6, 6.07) is 12.0. The number of amides is 1. The van der Waals surface area contributed by atoms with Crippen molar-refractivity contribution in [3.05, 3.63) is 65.6 Å². The molecule has 33 heavy (non-hydrogen) atoms. The van der Waals surface area contributed by atoms with Crippen LogP contribution in [-0.4, -0.2) is 51.9 Å². The normalized spacial score (nSPS) is 15.5. The molecule has 1 aromatic carbocycles. The van der Waals surface area contributed by atoms with Crippen LogP contribution in [0.3, 0.4) is 0 Å². The van der Waals surface area contributed by atoms with Crippen molar-refractivity contribution in [2.75, 3.05) is 36.4 Å².